The Morgan fingerprint density at radius 3 is 2.31 bits per heavy atom. The lowest BCUT2D eigenvalue weighted by atomic mass is 9.99. The molecule has 0 aromatic heterocycles. The van der Waals surface area contributed by atoms with Crippen molar-refractivity contribution in [3.63, 3.8) is 0 Å². The first-order chi connectivity index (χ1) is 7.36. The molecule has 1 heterocycles. The van der Waals surface area contributed by atoms with Crippen LogP contribution in [0, 0.1) is 5.92 Å². The van der Waals surface area contributed by atoms with Crippen molar-refractivity contribution in [2.75, 3.05) is 13.1 Å². The molecule has 0 spiro atoms. The summed E-state index contributed by atoms with van der Waals surface area (Å²) >= 11 is 0. The van der Waals surface area contributed by atoms with Crippen LogP contribution in [0.25, 0.3) is 0 Å². The van der Waals surface area contributed by atoms with Crippen molar-refractivity contribution in [3.05, 3.63) is 0 Å². The topological polar surface area (TPSA) is 41.1 Å². The van der Waals surface area contributed by atoms with E-state index in [0.29, 0.717) is 17.9 Å². The Labute approximate surface area is 104 Å². The van der Waals surface area contributed by atoms with Gasteiger partial charge >= 0.3 is 0 Å². The first-order valence-electron chi connectivity index (χ1n) is 6.37. The predicted octanol–water partition coefficient (Wildman–Crippen LogP) is 1.86. The number of nitrogens with one attached hydrogen (secondary N) is 2. The maximum atomic E-state index is 12.0. The molecule has 16 heavy (non-hydrogen) atoms. The van der Waals surface area contributed by atoms with Gasteiger partial charge in [-0.05, 0) is 25.8 Å². The second kappa shape index (κ2) is 7.13. The van der Waals surface area contributed by atoms with E-state index in [4.69, 9.17) is 0 Å². The van der Waals surface area contributed by atoms with Crippen molar-refractivity contribution < 1.29 is 4.79 Å². The Bertz CT molecular complexity index is 209. The summed E-state index contributed by atoms with van der Waals surface area (Å²) in [5.41, 5.74) is 0. The number of carbonyl (C=O) groups excluding carboxylic acids is 1. The lowest BCUT2D eigenvalue weighted by molar-refractivity contribution is -0.126. The molecule has 2 rings (SSSR count). The number of amides is 1. The summed E-state index contributed by atoms with van der Waals surface area (Å²) in [6.45, 7) is 2.01. The van der Waals surface area contributed by atoms with Crippen molar-refractivity contribution in [2.45, 2.75) is 51.0 Å². The zero-order valence-corrected chi connectivity index (χ0v) is 10.7. The van der Waals surface area contributed by atoms with E-state index in [0.717, 1.165) is 32.4 Å². The molecule has 2 N–H and O–H groups in total. The zero-order valence-electron chi connectivity index (χ0n) is 9.84. The second-order valence-electron chi connectivity index (χ2n) is 4.89. The van der Waals surface area contributed by atoms with E-state index >= 15 is 0 Å². The molecular formula is C12H23ClN2O. The van der Waals surface area contributed by atoms with Crippen LogP contribution in [0.3, 0.4) is 0 Å². The number of carbonyl (C=O) groups is 1. The fourth-order valence-corrected chi connectivity index (χ4v) is 2.64. The van der Waals surface area contributed by atoms with Gasteiger partial charge in [-0.3, -0.25) is 4.79 Å². The molecule has 2 aliphatic rings. The van der Waals surface area contributed by atoms with Gasteiger partial charge in [-0.15, -0.1) is 12.4 Å². The summed E-state index contributed by atoms with van der Waals surface area (Å²) in [6.07, 6.45) is 8.40. The summed E-state index contributed by atoms with van der Waals surface area (Å²) < 4.78 is 0. The molecule has 94 valence electrons. The van der Waals surface area contributed by atoms with Crippen molar-refractivity contribution in [1.82, 2.24) is 10.6 Å². The molecule has 0 radical (unpaired) electrons. The van der Waals surface area contributed by atoms with Crippen molar-refractivity contribution in [3.8, 4) is 0 Å². The van der Waals surface area contributed by atoms with Gasteiger partial charge in [-0.2, -0.15) is 0 Å². The Balaban J connectivity index is 0.00000128. The minimum Gasteiger partial charge on any atom is -0.352 e. The van der Waals surface area contributed by atoms with Gasteiger partial charge in [0.05, 0.1) is 0 Å². The summed E-state index contributed by atoms with van der Waals surface area (Å²) in [5, 5.41) is 6.45. The van der Waals surface area contributed by atoms with E-state index in [1.54, 1.807) is 0 Å². The van der Waals surface area contributed by atoms with Crippen LogP contribution in [-0.2, 0) is 4.79 Å². The molecule has 3 nitrogen and oxygen atoms in total. The Hall–Kier alpha value is -0.280. The molecule has 1 saturated carbocycles. The van der Waals surface area contributed by atoms with Crippen LogP contribution < -0.4 is 10.6 Å². The first-order valence-corrected chi connectivity index (χ1v) is 6.37. The molecule has 0 aromatic rings. The van der Waals surface area contributed by atoms with E-state index in [1.807, 2.05) is 0 Å². The second-order valence-corrected chi connectivity index (χ2v) is 4.89. The van der Waals surface area contributed by atoms with Gasteiger partial charge in [0.2, 0.25) is 5.91 Å². The largest absolute Gasteiger partial charge is 0.352 e. The monoisotopic (exact) mass is 246 g/mol. The van der Waals surface area contributed by atoms with Gasteiger partial charge in [0.15, 0.2) is 0 Å². The molecule has 1 aliphatic heterocycles. The Kier molecular flexibility index (Phi) is 6.14. The van der Waals surface area contributed by atoms with E-state index < -0.39 is 0 Å². The van der Waals surface area contributed by atoms with E-state index in [1.165, 1.54) is 25.7 Å². The van der Waals surface area contributed by atoms with Crippen LogP contribution >= 0.6 is 12.4 Å². The highest BCUT2D eigenvalue weighted by atomic mass is 35.5. The lowest BCUT2D eigenvalue weighted by Crippen LogP contribution is -2.39. The fraction of sp³-hybridized carbons (Fsp3) is 0.917. The van der Waals surface area contributed by atoms with Crippen LogP contribution in [0.4, 0.5) is 0 Å². The van der Waals surface area contributed by atoms with E-state index in [-0.39, 0.29) is 12.4 Å². The van der Waals surface area contributed by atoms with Gasteiger partial charge in [0.25, 0.3) is 0 Å². The van der Waals surface area contributed by atoms with Crippen molar-refractivity contribution in [2.24, 2.45) is 5.92 Å². The third kappa shape index (κ3) is 3.95. The average molecular weight is 247 g/mol. The molecular weight excluding hydrogens is 224 g/mol. The highest BCUT2D eigenvalue weighted by molar-refractivity contribution is 5.85. The third-order valence-corrected chi connectivity index (χ3v) is 3.63. The van der Waals surface area contributed by atoms with Crippen LogP contribution in [0.1, 0.15) is 44.9 Å². The maximum Gasteiger partial charge on any atom is 0.223 e. The van der Waals surface area contributed by atoms with Crippen LogP contribution in [0.5, 0.6) is 0 Å². The summed E-state index contributed by atoms with van der Waals surface area (Å²) in [7, 11) is 0. The standard InChI is InChI=1S/C12H22N2O.ClH/c15-12(14-11-7-8-13-9-11)10-5-3-1-2-4-6-10;/h10-11,13H,1-9H2,(H,14,15);1H. The maximum absolute atomic E-state index is 12.0. The van der Waals surface area contributed by atoms with E-state index in [2.05, 4.69) is 10.6 Å². The Morgan fingerprint density at radius 1 is 1.06 bits per heavy atom. The SMILES string of the molecule is Cl.O=C(NC1CCNC1)C1CCCCCC1. The van der Waals surface area contributed by atoms with Gasteiger partial charge in [-0.25, -0.2) is 0 Å². The van der Waals surface area contributed by atoms with Crippen LogP contribution in [0.15, 0.2) is 0 Å². The van der Waals surface area contributed by atoms with Crippen LogP contribution in [-0.4, -0.2) is 25.0 Å². The number of rotatable bonds is 2. The molecule has 0 bridgehead atoms. The first kappa shape index (κ1) is 13.8. The third-order valence-electron chi connectivity index (χ3n) is 3.63. The molecule has 1 amide bonds. The summed E-state index contributed by atoms with van der Waals surface area (Å²) in [6, 6.07) is 0.390. The molecule has 1 saturated heterocycles. The molecule has 4 heteroatoms. The fourth-order valence-electron chi connectivity index (χ4n) is 2.64. The molecule has 1 unspecified atom stereocenters. The van der Waals surface area contributed by atoms with Crippen LogP contribution in [0.2, 0.25) is 0 Å². The normalized spacial score (nSPS) is 26.9. The summed E-state index contributed by atoms with van der Waals surface area (Å²) in [4.78, 5) is 12.0. The Morgan fingerprint density at radius 2 is 1.75 bits per heavy atom. The zero-order chi connectivity index (χ0) is 10.5. The molecule has 1 atom stereocenters. The summed E-state index contributed by atoms with van der Waals surface area (Å²) in [5.74, 6) is 0.610. The van der Waals surface area contributed by atoms with Gasteiger partial charge in [-0.1, -0.05) is 25.7 Å². The minimum absolute atomic E-state index is 0. The predicted molar refractivity (Wildman–Crippen MR) is 67.9 cm³/mol. The van der Waals surface area contributed by atoms with Gasteiger partial charge < -0.3 is 10.6 Å². The van der Waals surface area contributed by atoms with Crippen molar-refractivity contribution in [1.29, 1.82) is 0 Å². The average Bonchev–Trinajstić information content (AvgIpc) is 2.58. The van der Waals surface area contributed by atoms with Gasteiger partial charge in [0.1, 0.15) is 0 Å². The van der Waals surface area contributed by atoms with Crippen molar-refractivity contribution >= 4 is 18.3 Å². The molecule has 1 aliphatic carbocycles. The quantitative estimate of drug-likeness (QED) is 0.731. The number of hydrogen-bond donors (Lipinski definition) is 2. The van der Waals surface area contributed by atoms with Gasteiger partial charge in [0, 0.05) is 18.5 Å². The highest BCUT2D eigenvalue weighted by Gasteiger charge is 2.23. The highest BCUT2D eigenvalue weighted by Crippen LogP contribution is 2.23. The lowest BCUT2D eigenvalue weighted by Gasteiger charge is -2.17. The number of halogens is 1. The molecule has 0 aromatic carbocycles. The molecule has 2 fully saturated rings. The van der Waals surface area contributed by atoms with E-state index in [9.17, 15) is 4.79 Å². The minimum atomic E-state index is 0. The number of hydrogen-bond acceptors (Lipinski definition) is 2. The smallest absolute Gasteiger partial charge is 0.223 e.